The molecule has 1 rings (SSSR count). The van der Waals surface area contributed by atoms with E-state index in [1.807, 2.05) is 0 Å². The van der Waals surface area contributed by atoms with Crippen LogP contribution >= 0.6 is 0 Å². The summed E-state index contributed by atoms with van der Waals surface area (Å²) in [5, 5.41) is 14.0. The van der Waals surface area contributed by atoms with E-state index in [-0.39, 0.29) is 0 Å². The zero-order valence-electron chi connectivity index (χ0n) is 17.3. The summed E-state index contributed by atoms with van der Waals surface area (Å²) in [6.45, 7) is 3.28. The van der Waals surface area contributed by atoms with Gasteiger partial charge < -0.3 is 5.11 Å². The van der Waals surface area contributed by atoms with Crippen LogP contribution < -0.4 is 5.32 Å². The van der Waals surface area contributed by atoms with Gasteiger partial charge in [0.25, 0.3) is 0 Å². The third-order valence-electron chi connectivity index (χ3n) is 5.92. The van der Waals surface area contributed by atoms with E-state index in [4.69, 9.17) is 0 Å². The average molecular weight is 354 g/mol. The van der Waals surface area contributed by atoms with E-state index in [1.54, 1.807) is 0 Å². The van der Waals surface area contributed by atoms with Gasteiger partial charge in [-0.25, -0.2) is 0 Å². The van der Waals surface area contributed by atoms with Crippen molar-refractivity contribution in [1.29, 1.82) is 0 Å². The smallest absolute Gasteiger partial charge is 0.116 e. The number of unbranched alkanes of at least 4 members (excludes halogenated alkanes) is 13. The molecule has 0 unspecified atom stereocenters. The maximum absolute atomic E-state index is 10.5. The van der Waals surface area contributed by atoms with Gasteiger partial charge in [0.05, 0.1) is 0 Å². The molecule has 0 amide bonds. The van der Waals surface area contributed by atoms with Crippen molar-refractivity contribution in [2.24, 2.45) is 0 Å². The minimum absolute atomic E-state index is 0.549. The van der Waals surface area contributed by atoms with Crippen molar-refractivity contribution in [3.63, 3.8) is 0 Å². The number of hydrogen-bond acceptors (Lipinski definition) is 2. The standard InChI is InChI=1S/C23H47NO/c1-2-3-4-5-6-7-8-9-10-11-12-13-16-19-22-24-23(25)20-17-14-15-18-21-23/h24-25H,2-22H2,1H3. The Balaban J connectivity index is 1.77. The Labute approximate surface area is 158 Å². The lowest BCUT2D eigenvalue weighted by Crippen LogP contribution is -2.45. The van der Waals surface area contributed by atoms with Crippen LogP contribution in [0.2, 0.25) is 0 Å². The molecular weight excluding hydrogens is 306 g/mol. The van der Waals surface area contributed by atoms with Crippen molar-refractivity contribution in [3.05, 3.63) is 0 Å². The monoisotopic (exact) mass is 353 g/mol. The van der Waals surface area contributed by atoms with Gasteiger partial charge in [-0.1, -0.05) is 103 Å². The first-order valence-electron chi connectivity index (χ1n) is 11.7. The van der Waals surface area contributed by atoms with Crippen LogP contribution in [0.5, 0.6) is 0 Å². The summed E-state index contributed by atoms with van der Waals surface area (Å²) < 4.78 is 0. The molecule has 0 aromatic rings. The van der Waals surface area contributed by atoms with E-state index in [0.717, 1.165) is 19.4 Å². The van der Waals surface area contributed by atoms with Crippen molar-refractivity contribution in [3.8, 4) is 0 Å². The van der Waals surface area contributed by atoms with Gasteiger partial charge >= 0.3 is 0 Å². The van der Waals surface area contributed by atoms with Crippen LogP contribution in [0.1, 0.15) is 135 Å². The van der Waals surface area contributed by atoms with E-state index in [2.05, 4.69) is 12.2 Å². The second-order valence-electron chi connectivity index (χ2n) is 8.47. The maximum atomic E-state index is 10.5. The fourth-order valence-electron chi connectivity index (χ4n) is 4.13. The Morgan fingerprint density at radius 1 is 0.600 bits per heavy atom. The first-order valence-corrected chi connectivity index (χ1v) is 11.7. The molecule has 1 aliphatic rings. The van der Waals surface area contributed by atoms with Crippen LogP contribution in [0.15, 0.2) is 0 Å². The molecule has 2 N–H and O–H groups in total. The first-order chi connectivity index (χ1) is 12.3. The summed E-state index contributed by atoms with van der Waals surface area (Å²) in [5.74, 6) is 0. The largest absolute Gasteiger partial charge is 0.376 e. The Morgan fingerprint density at radius 2 is 1.00 bits per heavy atom. The van der Waals surface area contributed by atoms with Crippen LogP contribution in [0.4, 0.5) is 0 Å². The van der Waals surface area contributed by atoms with Gasteiger partial charge in [-0.2, -0.15) is 0 Å². The summed E-state index contributed by atoms with van der Waals surface area (Å²) in [5.41, 5.74) is -0.549. The second kappa shape index (κ2) is 16.1. The van der Waals surface area contributed by atoms with Crippen molar-refractivity contribution in [1.82, 2.24) is 5.32 Å². The Hall–Kier alpha value is -0.0800. The van der Waals surface area contributed by atoms with E-state index >= 15 is 0 Å². The van der Waals surface area contributed by atoms with Crippen molar-refractivity contribution >= 4 is 0 Å². The molecule has 0 heterocycles. The third-order valence-corrected chi connectivity index (χ3v) is 5.92. The average Bonchev–Trinajstić information content (AvgIpc) is 2.83. The molecule has 0 atom stereocenters. The van der Waals surface area contributed by atoms with E-state index in [1.165, 1.54) is 116 Å². The van der Waals surface area contributed by atoms with Crippen LogP contribution in [-0.4, -0.2) is 17.4 Å². The zero-order valence-corrected chi connectivity index (χ0v) is 17.3. The summed E-state index contributed by atoms with van der Waals surface area (Å²) in [6, 6.07) is 0. The van der Waals surface area contributed by atoms with Gasteiger partial charge in [-0.05, 0) is 38.6 Å². The molecule has 1 saturated carbocycles. The Morgan fingerprint density at radius 3 is 1.44 bits per heavy atom. The molecule has 2 heteroatoms. The number of aliphatic hydroxyl groups is 1. The van der Waals surface area contributed by atoms with Crippen LogP contribution in [0, 0.1) is 0 Å². The van der Waals surface area contributed by atoms with E-state index in [9.17, 15) is 5.11 Å². The molecule has 0 saturated heterocycles. The molecule has 150 valence electrons. The molecular formula is C23H47NO. The number of hydrogen-bond donors (Lipinski definition) is 2. The second-order valence-corrected chi connectivity index (χ2v) is 8.47. The molecule has 0 bridgehead atoms. The van der Waals surface area contributed by atoms with E-state index < -0.39 is 5.72 Å². The number of rotatable bonds is 16. The van der Waals surface area contributed by atoms with Gasteiger partial charge in [0, 0.05) is 0 Å². The maximum Gasteiger partial charge on any atom is 0.116 e. The van der Waals surface area contributed by atoms with Gasteiger partial charge in [-0.15, -0.1) is 0 Å². The molecule has 0 aromatic heterocycles. The topological polar surface area (TPSA) is 32.3 Å². The molecule has 1 fully saturated rings. The minimum Gasteiger partial charge on any atom is -0.376 e. The predicted octanol–water partition coefficient (Wildman–Crippen LogP) is 7.10. The highest BCUT2D eigenvalue weighted by atomic mass is 16.3. The summed E-state index contributed by atoms with van der Waals surface area (Å²) in [4.78, 5) is 0. The minimum atomic E-state index is -0.549. The van der Waals surface area contributed by atoms with Crippen LogP contribution in [0.3, 0.4) is 0 Å². The molecule has 25 heavy (non-hydrogen) atoms. The number of nitrogens with one attached hydrogen (secondary N) is 1. The highest BCUT2D eigenvalue weighted by Gasteiger charge is 2.26. The lowest BCUT2D eigenvalue weighted by Gasteiger charge is -2.28. The molecule has 0 radical (unpaired) electrons. The van der Waals surface area contributed by atoms with Crippen molar-refractivity contribution in [2.75, 3.05) is 6.54 Å². The van der Waals surface area contributed by atoms with E-state index in [0.29, 0.717) is 0 Å². The normalized spacial score (nSPS) is 17.5. The Kier molecular flexibility index (Phi) is 14.8. The summed E-state index contributed by atoms with van der Waals surface area (Å²) in [7, 11) is 0. The fraction of sp³-hybridized carbons (Fsp3) is 1.00. The van der Waals surface area contributed by atoms with Gasteiger partial charge in [0.2, 0.25) is 0 Å². The van der Waals surface area contributed by atoms with Gasteiger partial charge in [-0.3, -0.25) is 5.32 Å². The molecule has 1 aliphatic carbocycles. The SMILES string of the molecule is CCCCCCCCCCCCCCCCNC1(O)CCCCCC1. The molecule has 0 spiro atoms. The fourth-order valence-corrected chi connectivity index (χ4v) is 4.13. The summed E-state index contributed by atoms with van der Waals surface area (Å²) in [6.07, 6.45) is 26.5. The van der Waals surface area contributed by atoms with Crippen LogP contribution in [0.25, 0.3) is 0 Å². The predicted molar refractivity (Wildman–Crippen MR) is 111 cm³/mol. The van der Waals surface area contributed by atoms with Crippen molar-refractivity contribution < 1.29 is 5.11 Å². The quantitative estimate of drug-likeness (QED) is 0.176. The molecule has 0 aromatic carbocycles. The zero-order chi connectivity index (χ0) is 18.1. The summed E-state index contributed by atoms with van der Waals surface area (Å²) >= 11 is 0. The molecule has 2 nitrogen and oxygen atoms in total. The Bertz CT molecular complexity index is 271. The molecule has 0 aliphatic heterocycles. The van der Waals surface area contributed by atoms with Crippen LogP contribution in [-0.2, 0) is 0 Å². The van der Waals surface area contributed by atoms with Gasteiger partial charge in [0.1, 0.15) is 5.72 Å². The lowest BCUT2D eigenvalue weighted by atomic mass is 10.0. The highest BCUT2D eigenvalue weighted by molar-refractivity contribution is 4.78. The highest BCUT2D eigenvalue weighted by Crippen LogP contribution is 2.24. The lowest BCUT2D eigenvalue weighted by molar-refractivity contribution is -0.00906. The van der Waals surface area contributed by atoms with Crippen molar-refractivity contribution in [2.45, 2.75) is 141 Å². The van der Waals surface area contributed by atoms with Gasteiger partial charge in [0.15, 0.2) is 0 Å². The first kappa shape index (κ1) is 23.0. The third kappa shape index (κ3) is 13.7.